The fourth-order valence-electron chi connectivity index (χ4n) is 3.37. The molecule has 31 heavy (non-hydrogen) atoms. The van der Waals surface area contributed by atoms with Gasteiger partial charge in [-0.1, -0.05) is 23.4 Å². The smallest absolute Gasteiger partial charge is 0.234 e. The van der Waals surface area contributed by atoms with Gasteiger partial charge in [0.05, 0.1) is 18.6 Å². The highest BCUT2D eigenvalue weighted by molar-refractivity contribution is 7.99. The fourth-order valence-corrected chi connectivity index (χ4v) is 4.21. The third kappa shape index (κ3) is 6.48. The van der Waals surface area contributed by atoms with Gasteiger partial charge in [-0.05, 0) is 38.0 Å². The van der Waals surface area contributed by atoms with Crippen molar-refractivity contribution in [2.45, 2.75) is 24.8 Å². The van der Waals surface area contributed by atoms with Crippen LogP contribution in [0, 0.1) is 5.92 Å². The number of amides is 2. The number of benzene rings is 1. The molecule has 3 rings (SSSR count). The number of ether oxygens (including phenoxy) is 1. The topological polar surface area (TPSA) is 96.5 Å². The molecule has 0 saturated carbocycles. The van der Waals surface area contributed by atoms with Crippen LogP contribution in [0.5, 0.6) is 5.75 Å². The summed E-state index contributed by atoms with van der Waals surface area (Å²) in [5, 5.41) is 6.94. The van der Waals surface area contributed by atoms with Crippen molar-refractivity contribution >= 4 is 46.7 Å². The molecule has 0 unspecified atom stereocenters. The monoisotopic (exact) mass is 463 g/mol. The number of nitrogens with one attached hydrogen (secondary N) is 2. The second kappa shape index (κ2) is 11.2. The number of methoxy groups -OCH3 is 1. The van der Waals surface area contributed by atoms with E-state index in [1.807, 2.05) is 13.0 Å². The zero-order valence-electron chi connectivity index (χ0n) is 17.6. The molecule has 2 aromatic rings. The maximum absolute atomic E-state index is 12.4. The lowest BCUT2D eigenvalue weighted by Crippen LogP contribution is -2.40. The van der Waals surface area contributed by atoms with E-state index in [0.29, 0.717) is 28.0 Å². The van der Waals surface area contributed by atoms with Gasteiger partial charge in [0.15, 0.2) is 0 Å². The van der Waals surface area contributed by atoms with Crippen molar-refractivity contribution < 1.29 is 14.3 Å². The van der Waals surface area contributed by atoms with E-state index in [4.69, 9.17) is 16.3 Å². The average Bonchev–Trinajstić information content (AvgIpc) is 2.78. The molecule has 1 aliphatic rings. The molecule has 1 aromatic heterocycles. The Kier molecular flexibility index (Phi) is 8.36. The molecule has 2 heterocycles. The summed E-state index contributed by atoms with van der Waals surface area (Å²) < 4.78 is 5.25. The van der Waals surface area contributed by atoms with Gasteiger partial charge in [-0.15, -0.1) is 0 Å². The Morgan fingerprint density at radius 3 is 2.74 bits per heavy atom. The van der Waals surface area contributed by atoms with Gasteiger partial charge >= 0.3 is 0 Å². The zero-order valence-corrected chi connectivity index (χ0v) is 19.1. The quantitative estimate of drug-likeness (QED) is 0.458. The van der Waals surface area contributed by atoms with Crippen molar-refractivity contribution in [1.82, 2.24) is 15.3 Å². The maximum atomic E-state index is 12.4. The van der Waals surface area contributed by atoms with Crippen molar-refractivity contribution in [2.24, 2.45) is 5.92 Å². The molecule has 1 aliphatic heterocycles. The molecule has 8 nitrogen and oxygen atoms in total. The molecule has 166 valence electrons. The third-order valence-corrected chi connectivity index (χ3v) is 6.12. The Morgan fingerprint density at radius 2 is 2.03 bits per heavy atom. The lowest BCUT2D eigenvalue weighted by Gasteiger charge is -2.32. The van der Waals surface area contributed by atoms with Crippen molar-refractivity contribution in [3.63, 3.8) is 0 Å². The van der Waals surface area contributed by atoms with Crippen LogP contribution in [-0.2, 0) is 9.59 Å². The molecule has 0 spiro atoms. The molecule has 1 aromatic carbocycles. The van der Waals surface area contributed by atoms with Gasteiger partial charge in [0, 0.05) is 36.6 Å². The van der Waals surface area contributed by atoms with Gasteiger partial charge in [0.2, 0.25) is 11.8 Å². The molecular weight excluding hydrogens is 438 g/mol. The normalized spacial score (nSPS) is 14.2. The number of aromatic nitrogens is 2. The number of carbonyl (C=O) groups is 2. The minimum Gasteiger partial charge on any atom is -0.495 e. The van der Waals surface area contributed by atoms with Crippen molar-refractivity contribution in [3.8, 4) is 5.75 Å². The van der Waals surface area contributed by atoms with Crippen LogP contribution in [0.4, 0.5) is 11.5 Å². The first-order valence-corrected chi connectivity index (χ1v) is 11.5. The summed E-state index contributed by atoms with van der Waals surface area (Å²) in [4.78, 5) is 35.2. The Hall–Kier alpha value is -2.52. The number of thioether (sulfide) groups is 1. The highest BCUT2D eigenvalue weighted by Gasteiger charge is 2.25. The Labute approximate surface area is 191 Å². The Bertz CT molecular complexity index is 922. The molecule has 2 amide bonds. The lowest BCUT2D eigenvalue weighted by molar-refractivity contribution is -0.125. The van der Waals surface area contributed by atoms with Crippen LogP contribution in [0.1, 0.15) is 19.8 Å². The first-order chi connectivity index (χ1) is 15.0. The number of anilines is 2. The van der Waals surface area contributed by atoms with Crippen molar-refractivity contribution in [1.29, 1.82) is 0 Å². The summed E-state index contributed by atoms with van der Waals surface area (Å²) in [5.41, 5.74) is 0.527. The first kappa shape index (κ1) is 23.1. The van der Waals surface area contributed by atoms with E-state index in [9.17, 15) is 9.59 Å². The standard InChI is InChI=1S/C21H26ClN5O3S/c1-3-23-21(29)14-6-8-27(9-7-14)18-11-20(25-13-24-18)31-12-19(28)26-16-10-15(22)4-5-17(16)30-2/h4-5,10-11,13-14H,3,6-9,12H2,1-2H3,(H,23,29)(H,26,28). The SMILES string of the molecule is CCNC(=O)C1CCN(c2cc(SCC(=O)Nc3cc(Cl)ccc3OC)ncn2)CC1. The van der Waals surface area contributed by atoms with Crippen LogP contribution >= 0.6 is 23.4 Å². The minimum atomic E-state index is -0.187. The van der Waals surface area contributed by atoms with Gasteiger partial charge in [-0.3, -0.25) is 9.59 Å². The van der Waals surface area contributed by atoms with Gasteiger partial charge in [-0.25, -0.2) is 9.97 Å². The van der Waals surface area contributed by atoms with Gasteiger partial charge in [-0.2, -0.15) is 0 Å². The number of nitrogens with zero attached hydrogens (tertiary/aromatic N) is 3. The van der Waals surface area contributed by atoms with E-state index in [0.717, 1.165) is 31.7 Å². The maximum Gasteiger partial charge on any atom is 0.234 e. The molecule has 2 N–H and O–H groups in total. The summed E-state index contributed by atoms with van der Waals surface area (Å²) in [6.07, 6.45) is 3.09. The summed E-state index contributed by atoms with van der Waals surface area (Å²) in [6.45, 7) is 4.11. The highest BCUT2D eigenvalue weighted by Crippen LogP contribution is 2.28. The first-order valence-electron chi connectivity index (χ1n) is 10.1. The molecule has 0 radical (unpaired) electrons. The van der Waals surface area contributed by atoms with E-state index in [-0.39, 0.29) is 23.5 Å². The Morgan fingerprint density at radius 1 is 1.26 bits per heavy atom. The molecule has 0 atom stereocenters. The third-order valence-electron chi connectivity index (χ3n) is 4.96. The summed E-state index contributed by atoms with van der Waals surface area (Å²) in [7, 11) is 1.54. The number of hydrogen-bond acceptors (Lipinski definition) is 7. The molecular formula is C21H26ClN5O3S. The number of rotatable bonds is 8. The molecule has 0 bridgehead atoms. The molecule has 1 saturated heterocycles. The number of piperidine rings is 1. The zero-order chi connectivity index (χ0) is 22.2. The van der Waals surface area contributed by atoms with Crippen molar-refractivity contribution in [2.75, 3.05) is 42.7 Å². The van der Waals surface area contributed by atoms with Crippen LogP contribution in [0.2, 0.25) is 5.02 Å². The van der Waals surface area contributed by atoms with Crippen LogP contribution in [0.15, 0.2) is 35.6 Å². The molecule has 1 fully saturated rings. The lowest BCUT2D eigenvalue weighted by atomic mass is 9.96. The minimum absolute atomic E-state index is 0.0547. The van der Waals surface area contributed by atoms with E-state index in [2.05, 4.69) is 25.5 Å². The van der Waals surface area contributed by atoms with Crippen molar-refractivity contribution in [3.05, 3.63) is 35.6 Å². The number of carbonyl (C=O) groups excluding carboxylic acids is 2. The van der Waals surface area contributed by atoms with E-state index >= 15 is 0 Å². The fraction of sp³-hybridized carbons (Fsp3) is 0.429. The second-order valence-corrected chi connectivity index (χ2v) is 8.48. The van der Waals surface area contributed by atoms with E-state index < -0.39 is 0 Å². The molecule has 0 aliphatic carbocycles. The van der Waals surface area contributed by atoms with Gasteiger partial charge in [0.1, 0.15) is 22.9 Å². The number of halogens is 1. The average molecular weight is 464 g/mol. The summed E-state index contributed by atoms with van der Waals surface area (Å²) >= 11 is 7.34. The van der Waals surface area contributed by atoms with E-state index in [1.54, 1.807) is 18.2 Å². The van der Waals surface area contributed by atoms with Crippen LogP contribution in [0.3, 0.4) is 0 Å². The summed E-state index contributed by atoms with van der Waals surface area (Å²) in [5.74, 6) is 1.54. The van der Waals surface area contributed by atoms with Gasteiger partial charge in [0.25, 0.3) is 0 Å². The van der Waals surface area contributed by atoms with E-state index in [1.165, 1.54) is 25.2 Å². The van der Waals surface area contributed by atoms with Crippen LogP contribution in [0.25, 0.3) is 0 Å². The Balaban J connectivity index is 1.54. The van der Waals surface area contributed by atoms with Gasteiger partial charge < -0.3 is 20.3 Å². The summed E-state index contributed by atoms with van der Waals surface area (Å²) in [6, 6.07) is 6.93. The van der Waals surface area contributed by atoms with Crippen LogP contribution in [-0.4, -0.2) is 54.3 Å². The van der Waals surface area contributed by atoms with Crippen LogP contribution < -0.4 is 20.3 Å². The second-order valence-electron chi connectivity index (χ2n) is 7.05. The predicted molar refractivity (Wildman–Crippen MR) is 123 cm³/mol. The largest absolute Gasteiger partial charge is 0.495 e. The molecule has 10 heteroatoms. The highest BCUT2D eigenvalue weighted by atomic mass is 35.5. The predicted octanol–water partition coefficient (Wildman–Crippen LogP) is 3.22. The number of hydrogen-bond donors (Lipinski definition) is 2.